The lowest BCUT2D eigenvalue weighted by atomic mass is 10.2. The quantitative estimate of drug-likeness (QED) is 0.355. The van der Waals surface area contributed by atoms with Crippen molar-refractivity contribution in [1.29, 1.82) is 0 Å². The Kier molecular flexibility index (Phi) is 4.75. The SMILES string of the molecule is CN1CCN(c2cc(Nc3cc(C4CC4)[nH]n3)nc(Oc3ccc4c(=O)[nH][nH]c4c3)n2)CC1. The predicted octanol–water partition coefficient (Wildman–Crippen LogP) is 2.53. The van der Waals surface area contributed by atoms with E-state index in [1.807, 2.05) is 12.1 Å². The Balaban J connectivity index is 1.30. The van der Waals surface area contributed by atoms with Crippen molar-refractivity contribution in [2.24, 2.45) is 0 Å². The molecule has 0 atom stereocenters. The summed E-state index contributed by atoms with van der Waals surface area (Å²) < 4.78 is 6.02. The summed E-state index contributed by atoms with van der Waals surface area (Å²) in [6, 6.07) is 9.39. The number of rotatable bonds is 6. The van der Waals surface area contributed by atoms with Gasteiger partial charge in [0.2, 0.25) is 0 Å². The average Bonchev–Trinajstić information content (AvgIpc) is 3.46. The van der Waals surface area contributed by atoms with E-state index in [2.05, 4.69) is 52.5 Å². The zero-order valence-corrected chi connectivity index (χ0v) is 18.3. The molecule has 1 saturated heterocycles. The van der Waals surface area contributed by atoms with E-state index in [0.717, 1.165) is 43.5 Å². The standard InChI is InChI=1S/C22H25N9O2/c1-30-6-8-31(9-7-30)20-12-18(23-19-11-16(26-28-19)13-2-3-13)24-22(25-20)33-14-4-5-15-17(10-14)27-29-21(15)32/h4-5,10-13H,2-3,6-9H2,1H3,(H2,27,29,32)(H2,23,24,25,26,28). The lowest BCUT2D eigenvalue weighted by Gasteiger charge is -2.33. The maximum atomic E-state index is 11.8. The number of nitrogens with one attached hydrogen (secondary N) is 4. The van der Waals surface area contributed by atoms with Crippen LogP contribution < -0.4 is 20.5 Å². The number of anilines is 3. The summed E-state index contributed by atoms with van der Waals surface area (Å²) >= 11 is 0. The van der Waals surface area contributed by atoms with Gasteiger partial charge in [-0.15, -0.1) is 0 Å². The minimum absolute atomic E-state index is 0.166. The van der Waals surface area contributed by atoms with E-state index >= 15 is 0 Å². The van der Waals surface area contributed by atoms with Crippen molar-refractivity contribution in [2.75, 3.05) is 43.4 Å². The first-order valence-electron chi connectivity index (χ1n) is 11.1. The van der Waals surface area contributed by atoms with Gasteiger partial charge in [-0.2, -0.15) is 15.1 Å². The summed E-state index contributed by atoms with van der Waals surface area (Å²) in [5, 5.41) is 16.8. The molecule has 4 aromatic rings. The highest BCUT2D eigenvalue weighted by Crippen LogP contribution is 2.39. The van der Waals surface area contributed by atoms with Gasteiger partial charge in [0.25, 0.3) is 5.56 Å². The maximum Gasteiger partial charge on any atom is 0.325 e. The minimum atomic E-state index is -0.166. The highest BCUT2D eigenvalue weighted by molar-refractivity contribution is 5.79. The van der Waals surface area contributed by atoms with Crippen molar-refractivity contribution in [1.82, 2.24) is 35.3 Å². The Morgan fingerprint density at radius 3 is 2.70 bits per heavy atom. The summed E-state index contributed by atoms with van der Waals surface area (Å²) in [4.78, 5) is 25.6. The van der Waals surface area contributed by atoms with Crippen LogP contribution in [0.2, 0.25) is 0 Å². The van der Waals surface area contributed by atoms with Gasteiger partial charge in [-0.25, -0.2) is 0 Å². The molecule has 6 rings (SSSR count). The van der Waals surface area contributed by atoms with Gasteiger partial charge in [0.15, 0.2) is 5.82 Å². The second-order valence-corrected chi connectivity index (χ2v) is 8.68. The molecule has 170 valence electrons. The molecule has 1 aliphatic carbocycles. The van der Waals surface area contributed by atoms with Crippen LogP contribution in [-0.2, 0) is 0 Å². The lowest BCUT2D eigenvalue weighted by Crippen LogP contribution is -2.44. The second kappa shape index (κ2) is 7.93. The topological polar surface area (TPSA) is 131 Å². The van der Waals surface area contributed by atoms with Gasteiger partial charge in [0.1, 0.15) is 17.4 Å². The van der Waals surface area contributed by atoms with Crippen LogP contribution in [0.5, 0.6) is 11.8 Å². The molecule has 0 spiro atoms. The average molecular weight is 448 g/mol. The van der Waals surface area contributed by atoms with Crippen LogP contribution in [0.4, 0.5) is 17.5 Å². The molecule has 4 N–H and O–H groups in total. The number of benzene rings is 1. The molecule has 0 unspecified atom stereocenters. The number of nitrogens with zero attached hydrogens (tertiary/aromatic N) is 5. The summed E-state index contributed by atoms with van der Waals surface area (Å²) in [6.45, 7) is 3.67. The Morgan fingerprint density at radius 2 is 1.88 bits per heavy atom. The molecule has 0 bridgehead atoms. The maximum absolute atomic E-state index is 11.8. The first-order valence-corrected chi connectivity index (χ1v) is 11.1. The number of ether oxygens (including phenoxy) is 1. The van der Waals surface area contributed by atoms with Crippen molar-refractivity contribution in [2.45, 2.75) is 18.8 Å². The van der Waals surface area contributed by atoms with E-state index in [1.54, 1.807) is 18.2 Å². The fourth-order valence-corrected chi connectivity index (χ4v) is 4.04. The lowest BCUT2D eigenvalue weighted by molar-refractivity contribution is 0.311. The van der Waals surface area contributed by atoms with E-state index < -0.39 is 0 Å². The molecule has 2 aliphatic rings. The second-order valence-electron chi connectivity index (χ2n) is 8.68. The zero-order valence-electron chi connectivity index (χ0n) is 18.3. The van der Waals surface area contributed by atoms with E-state index in [9.17, 15) is 4.79 Å². The molecule has 2 fully saturated rings. The van der Waals surface area contributed by atoms with Crippen LogP contribution in [0.1, 0.15) is 24.5 Å². The fraction of sp³-hybridized carbons (Fsp3) is 0.364. The molecule has 1 aromatic carbocycles. The molecule has 0 amide bonds. The Hall–Kier alpha value is -3.86. The van der Waals surface area contributed by atoms with Crippen molar-refractivity contribution in [3.63, 3.8) is 0 Å². The van der Waals surface area contributed by atoms with Gasteiger partial charge < -0.3 is 19.9 Å². The van der Waals surface area contributed by atoms with Crippen molar-refractivity contribution >= 4 is 28.4 Å². The first kappa shape index (κ1) is 19.8. The van der Waals surface area contributed by atoms with Crippen LogP contribution in [-0.4, -0.2) is 68.5 Å². The monoisotopic (exact) mass is 447 g/mol. The number of aromatic amines is 3. The summed E-state index contributed by atoms with van der Waals surface area (Å²) in [5.74, 6) is 3.25. The van der Waals surface area contributed by atoms with Crippen LogP contribution in [0.3, 0.4) is 0 Å². The van der Waals surface area contributed by atoms with Crippen LogP contribution in [0.15, 0.2) is 35.1 Å². The van der Waals surface area contributed by atoms with Crippen molar-refractivity contribution in [3.05, 3.63) is 46.4 Å². The highest BCUT2D eigenvalue weighted by Gasteiger charge is 2.25. The van der Waals surface area contributed by atoms with Crippen LogP contribution in [0.25, 0.3) is 10.9 Å². The van der Waals surface area contributed by atoms with E-state index in [4.69, 9.17) is 4.74 Å². The highest BCUT2D eigenvalue weighted by atomic mass is 16.5. The van der Waals surface area contributed by atoms with Gasteiger partial charge in [-0.3, -0.25) is 20.1 Å². The molecule has 33 heavy (non-hydrogen) atoms. The van der Waals surface area contributed by atoms with Crippen LogP contribution in [0, 0.1) is 0 Å². The number of likely N-dealkylation sites (N-methyl/N-ethyl adjacent to an activating group) is 1. The van der Waals surface area contributed by atoms with Gasteiger partial charge in [0.05, 0.1) is 10.9 Å². The molecule has 1 saturated carbocycles. The molecule has 3 aromatic heterocycles. The van der Waals surface area contributed by atoms with Gasteiger partial charge in [-0.05, 0) is 32.0 Å². The summed E-state index contributed by atoms with van der Waals surface area (Å²) in [5.41, 5.74) is 1.65. The minimum Gasteiger partial charge on any atom is -0.424 e. The number of fused-ring (bicyclic) bond motifs is 1. The Labute approximate surface area is 189 Å². The Bertz CT molecular complexity index is 1350. The molecule has 4 heterocycles. The number of aromatic nitrogens is 6. The molecule has 11 heteroatoms. The third kappa shape index (κ3) is 4.14. The molecule has 1 aliphatic heterocycles. The Morgan fingerprint density at radius 1 is 1.03 bits per heavy atom. The number of H-pyrrole nitrogens is 3. The first-order chi connectivity index (χ1) is 16.1. The fourth-order valence-electron chi connectivity index (χ4n) is 4.04. The normalized spacial score (nSPS) is 16.9. The molecular weight excluding hydrogens is 422 g/mol. The summed E-state index contributed by atoms with van der Waals surface area (Å²) in [7, 11) is 2.12. The number of piperazine rings is 1. The smallest absolute Gasteiger partial charge is 0.325 e. The molecular formula is C22H25N9O2. The van der Waals surface area contributed by atoms with Crippen LogP contribution >= 0.6 is 0 Å². The third-order valence-electron chi connectivity index (χ3n) is 6.15. The van der Waals surface area contributed by atoms with Gasteiger partial charge in [-0.1, -0.05) is 0 Å². The van der Waals surface area contributed by atoms with E-state index in [1.165, 1.54) is 12.8 Å². The van der Waals surface area contributed by atoms with Gasteiger partial charge in [0, 0.05) is 56.0 Å². The van der Waals surface area contributed by atoms with Crippen molar-refractivity contribution < 1.29 is 4.74 Å². The third-order valence-corrected chi connectivity index (χ3v) is 6.15. The van der Waals surface area contributed by atoms with E-state index in [-0.39, 0.29) is 11.6 Å². The summed E-state index contributed by atoms with van der Waals surface area (Å²) in [6.07, 6.45) is 2.41. The molecule has 0 radical (unpaired) electrons. The van der Waals surface area contributed by atoms with Crippen molar-refractivity contribution in [3.8, 4) is 11.8 Å². The number of hydrogen-bond acceptors (Lipinski definition) is 8. The molecule has 11 nitrogen and oxygen atoms in total. The largest absolute Gasteiger partial charge is 0.424 e. The predicted molar refractivity (Wildman–Crippen MR) is 125 cm³/mol. The zero-order chi connectivity index (χ0) is 22.4. The van der Waals surface area contributed by atoms with Gasteiger partial charge >= 0.3 is 6.01 Å². The number of hydrogen-bond donors (Lipinski definition) is 4. The van der Waals surface area contributed by atoms with E-state index in [0.29, 0.717) is 28.4 Å².